The fraction of sp³-hybridized carbons (Fsp3) is 0.0556. The molecule has 0 fully saturated rings. The lowest BCUT2D eigenvalue weighted by Crippen LogP contribution is -2.14. The third kappa shape index (κ3) is 3.75. The molecule has 1 aromatic heterocycles. The number of carbonyl (C=O) groups is 1. The van der Waals surface area contributed by atoms with E-state index in [9.17, 15) is 9.18 Å². The summed E-state index contributed by atoms with van der Waals surface area (Å²) in [7, 11) is 0. The van der Waals surface area contributed by atoms with E-state index in [0.29, 0.717) is 28.7 Å². The van der Waals surface area contributed by atoms with E-state index in [-0.39, 0.29) is 17.5 Å². The number of hydrogen-bond donors (Lipinski definition) is 2. The second kappa shape index (κ2) is 7.08. The fourth-order valence-electron chi connectivity index (χ4n) is 2.41. The van der Waals surface area contributed by atoms with E-state index in [1.165, 1.54) is 24.3 Å². The lowest BCUT2D eigenvalue weighted by molar-refractivity contribution is 0.102. The standard InChI is InChI=1S/C18H12ClFN4O3/c19-12-7-10(1-3-13(12)20)21-17-6-4-14(23-24-17)18(25)22-11-2-5-15-16(8-11)27-9-26-15/h1-8H,9H2,(H,21,24)(H,22,25). The van der Waals surface area contributed by atoms with Gasteiger partial charge >= 0.3 is 0 Å². The zero-order valence-electron chi connectivity index (χ0n) is 13.7. The number of nitrogens with zero attached hydrogens (tertiary/aromatic N) is 2. The van der Waals surface area contributed by atoms with Gasteiger partial charge in [-0.05, 0) is 42.5 Å². The average molecular weight is 387 g/mol. The summed E-state index contributed by atoms with van der Waals surface area (Å²) in [5, 5.41) is 13.5. The molecule has 2 heterocycles. The van der Waals surface area contributed by atoms with Crippen LogP contribution in [0.5, 0.6) is 11.5 Å². The molecule has 0 saturated heterocycles. The van der Waals surface area contributed by atoms with Gasteiger partial charge in [-0.3, -0.25) is 4.79 Å². The third-order valence-electron chi connectivity index (χ3n) is 3.72. The minimum absolute atomic E-state index is 0.00677. The van der Waals surface area contributed by atoms with Gasteiger partial charge in [-0.25, -0.2) is 4.39 Å². The Morgan fingerprint density at radius 1 is 1.00 bits per heavy atom. The van der Waals surface area contributed by atoms with Crippen LogP contribution in [0.1, 0.15) is 10.5 Å². The SMILES string of the molecule is O=C(Nc1ccc2c(c1)OCO2)c1ccc(Nc2ccc(F)c(Cl)c2)nn1. The lowest BCUT2D eigenvalue weighted by atomic mass is 10.2. The largest absolute Gasteiger partial charge is 0.454 e. The molecule has 3 aromatic rings. The van der Waals surface area contributed by atoms with Gasteiger partial charge in [0.2, 0.25) is 6.79 Å². The third-order valence-corrected chi connectivity index (χ3v) is 4.01. The number of hydrogen-bond acceptors (Lipinski definition) is 6. The Bertz CT molecular complexity index is 1010. The van der Waals surface area contributed by atoms with Crippen molar-refractivity contribution in [3.8, 4) is 11.5 Å². The number of aromatic nitrogens is 2. The Kier molecular flexibility index (Phi) is 4.47. The van der Waals surface area contributed by atoms with Gasteiger partial charge in [-0.15, -0.1) is 10.2 Å². The van der Waals surface area contributed by atoms with Crippen LogP contribution in [-0.4, -0.2) is 22.9 Å². The van der Waals surface area contributed by atoms with Crippen molar-refractivity contribution < 1.29 is 18.7 Å². The van der Waals surface area contributed by atoms with E-state index in [1.54, 1.807) is 24.3 Å². The van der Waals surface area contributed by atoms with Crippen LogP contribution in [0.4, 0.5) is 21.6 Å². The van der Waals surface area contributed by atoms with Gasteiger partial charge in [0.1, 0.15) is 5.82 Å². The molecule has 2 aromatic carbocycles. The summed E-state index contributed by atoms with van der Waals surface area (Å²) in [5.41, 5.74) is 1.23. The topological polar surface area (TPSA) is 85.4 Å². The number of halogens is 2. The second-order valence-electron chi connectivity index (χ2n) is 5.58. The van der Waals surface area contributed by atoms with Gasteiger partial charge in [-0.2, -0.15) is 0 Å². The van der Waals surface area contributed by atoms with E-state index in [0.717, 1.165) is 0 Å². The van der Waals surface area contributed by atoms with Crippen molar-refractivity contribution in [1.82, 2.24) is 10.2 Å². The zero-order chi connectivity index (χ0) is 18.8. The second-order valence-corrected chi connectivity index (χ2v) is 5.99. The molecule has 136 valence electrons. The maximum Gasteiger partial charge on any atom is 0.276 e. The minimum atomic E-state index is -0.510. The molecule has 2 N–H and O–H groups in total. The van der Waals surface area contributed by atoms with E-state index in [4.69, 9.17) is 21.1 Å². The van der Waals surface area contributed by atoms with E-state index in [1.807, 2.05) is 0 Å². The Morgan fingerprint density at radius 3 is 2.59 bits per heavy atom. The average Bonchev–Trinajstić information content (AvgIpc) is 3.13. The Morgan fingerprint density at radius 2 is 1.81 bits per heavy atom. The highest BCUT2D eigenvalue weighted by molar-refractivity contribution is 6.31. The molecule has 1 aliphatic heterocycles. The zero-order valence-corrected chi connectivity index (χ0v) is 14.5. The summed E-state index contributed by atoms with van der Waals surface area (Å²) in [5.74, 6) is 0.652. The molecule has 27 heavy (non-hydrogen) atoms. The molecule has 0 bridgehead atoms. The van der Waals surface area contributed by atoms with E-state index >= 15 is 0 Å². The highest BCUT2D eigenvalue weighted by atomic mass is 35.5. The van der Waals surface area contributed by atoms with Crippen molar-refractivity contribution in [1.29, 1.82) is 0 Å². The number of ether oxygens (including phenoxy) is 2. The molecule has 4 rings (SSSR count). The van der Waals surface area contributed by atoms with Gasteiger partial charge in [0.05, 0.1) is 5.02 Å². The number of fused-ring (bicyclic) bond motifs is 1. The predicted molar refractivity (Wildman–Crippen MR) is 97.2 cm³/mol. The summed E-state index contributed by atoms with van der Waals surface area (Å²) in [6, 6.07) is 12.4. The van der Waals surface area contributed by atoms with Crippen molar-refractivity contribution in [2.45, 2.75) is 0 Å². The van der Waals surface area contributed by atoms with Gasteiger partial charge < -0.3 is 20.1 Å². The molecule has 1 amide bonds. The molecular weight excluding hydrogens is 375 g/mol. The molecule has 1 aliphatic rings. The van der Waals surface area contributed by atoms with Crippen molar-refractivity contribution in [2.24, 2.45) is 0 Å². The first kappa shape index (κ1) is 17.0. The lowest BCUT2D eigenvalue weighted by Gasteiger charge is -2.07. The van der Waals surface area contributed by atoms with Crippen molar-refractivity contribution in [3.05, 3.63) is 65.1 Å². The van der Waals surface area contributed by atoms with Crippen LogP contribution in [0.3, 0.4) is 0 Å². The van der Waals surface area contributed by atoms with Crippen molar-refractivity contribution in [2.75, 3.05) is 17.4 Å². The van der Waals surface area contributed by atoms with Crippen LogP contribution >= 0.6 is 11.6 Å². The number of carbonyl (C=O) groups excluding carboxylic acids is 1. The molecule has 0 spiro atoms. The molecule has 0 atom stereocenters. The summed E-state index contributed by atoms with van der Waals surface area (Å²) < 4.78 is 23.7. The smallest absolute Gasteiger partial charge is 0.276 e. The molecule has 7 nitrogen and oxygen atoms in total. The molecule has 0 unspecified atom stereocenters. The van der Waals surface area contributed by atoms with Crippen LogP contribution in [0.2, 0.25) is 5.02 Å². The van der Waals surface area contributed by atoms with Crippen LogP contribution in [0.25, 0.3) is 0 Å². The normalized spacial score (nSPS) is 11.9. The molecular formula is C18H12ClFN4O3. The molecule has 0 radical (unpaired) electrons. The maximum atomic E-state index is 13.2. The fourth-order valence-corrected chi connectivity index (χ4v) is 2.59. The summed E-state index contributed by atoms with van der Waals surface area (Å²) in [4.78, 5) is 12.3. The van der Waals surface area contributed by atoms with Gasteiger partial charge in [0.25, 0.3) is 5.91 Å². The van der Waals surface area contributed by atoms with Gasteiger partial charge in [0.15, 0.2) is 23.0 Å². The quantitative estimate of drug-likeness (QED) is 0.705. The highest BCUT2D eigenvalue weighted by Gasteiger charge is 2.15. The first-order valence-electron chi connectivity index (χ1n) is 7.85. The monoisotopic (exact) mass is 386 g/mol. The van der Waals surface area contributed by atoms with Crippen LogP contribution in [0, 0.1) is 5.82 Å². The first-order valence-corrected chi connectivity index (χ1v) is 8.23. The minimum Gasteiger partial charge on any atom is -0.454 e. The number of nitrogens with one attached hydrogen (secondary N) is 2. The van der Waals surface area contributed by atoms with E-state index < -0.39 is 11.7 Å². The van der Waals surface area contributed by atoms with Crippen LogP contribution < -0.4 is 20.1 Å². The molecule has 0 saturated carbocycles. The Balaban J connectivity index is 1.43. The number of amides is 1. The van der Waals surface area contributed by atoms with Gasteiger partial charge in [-0.1, -0.05) is 11.6 Å². The van der Waals surface area contributed by atoms with Crippen molar-refractivity contribution in [3.63, 3.8) is 0 Å². The highest BCUT2D eigenvalue weighted by Crippen LogP contribution is 2.34. The predicted octanol–water partition coefficient (Wildman–Crippen LogP) is 3.99. The summed E-state index contributed by atoms with van der Waals surface area (Å²) in [6.45, 7) is 0.159. The maximum absolute atomic E-state index is 13.2. The van der Waals surface area contributed by atoms with E-state index in [2.05, 4.69) is 20.8 Å². The van der Waals surface area contributed by atoms with Gasteiger partial charge in [0, 0.05) is 17.4 Å². The summed E-state index contributed by atoms with van der Waals surface area (Å²) >= 11 is 5.74. The molecule has 0 aliphatic carbocycles. The van der Waals surface area contributed by atoms with Crippen molar-refractivity contribution >= 4 is 34.7 Å². The number of benzene rings is 2. The first-order chi connectivity index (χ1) is 13.1. The van der Waals surface area contributed by atoms with Crippen LogP contribution in [0.15, 0.2) is 48.5 Å². The number of rotatable bonds is 4. The Labute approximate surface area is 158 Å². The summed E-state index contributed by atoms with van der Waals surface area (Å²) in [6.07, 6.45) is 0. The molecule has 9 heteroatoms. The van der Waals surface area contributed by atoms with Crippen LogP contribution in [-0.2, 0) is 0 Å². The Hall–Kier alpha value is -3.39. The number of anilines is 3.